The molecule has 0 N–H and O–H groups in total. The lowest BCUT2D eigenvalue weighted by Gasteiger charge is -2.28. The van der Waals surface area contributed by atoms with Crippen molar-refractivity contribution in [2.24, 2.45) is 5.92 Å². The summed E-state index contributed by atoms with van der Waals surface area (Å²) in [6, 6.07) is 2.27. The first-order valence-electron chi connectivity index (χ1n) is 6.28. The van der Waals surface area contributed by atoms with Crippen molar-refractivity contribution in [3.63, 3.8) is 0 Å². The van der Waals surface area contributed by atoms with Crippen LogP contribution in [0.5, 0.6) is 0 Å². The van der Waals surface area contributed by atoms with Crippen LogP contribution in [0, 0.1) is 5.92 Å². The first-order valence-corrected chi connectivity index (χ1v) is 6.66. The number of hydrogen-bond donors (Lipinski definition) is 0. The van der Waals surface area contributed by atoms with Crippen LogP contribution in [0.15, 0.2) is 12.4 Å². The lowest BCUT2D eigenvalue weighted by molar-refractivity contribution is 0.626. The standard InChI is InChI=1S/C12H16ClN5/c1-8(2)17(6-9-3-4-9)11-5-10(13)16-12-14-7-15-18(11)12/h5,7-9H,3-4,6H2,1-2H3. The molecule has 0 unspecified atom stereocenters. The quantitative estimate of drug-likeness (QED) is 0.797. The molecule has 0 saturated heterocycles. The zero-order valence-corrected chi connectivity index (χ0v) is 11.3. The summed E-state index contributed by atoms with van der Waals surface area (Å²) in [5, 5.41) is 4.70. The summed E-state index contributed by atoms with van der Waals surface area (Å²) in [4.78, 5) is 10.6. The number of fused-ring (bicyclic) bond motifs is 1. The Labute approximate surface area is 111 Å². The molecular formula is C12H16ClN5. The van der Waals surface area contributed by atoms with Gasteiger partial charge < -0.3 is 4.90 Å². The van der Waals surface area contributed by atoms with Gasteiger partial charge in [-0.3, -0.25) is 0 Å². The highest BCUT2D eigenvalue weighted by atomic mass is 35.5. The van der Waals surface area contributed by atoms with Gasteiger partial charge in [0.25, 0.3) is 5.78 Å². The molecule has 1 fully saturated rings. The summed E-state index contributed by atoms with van der Waals surface area (Å²) in [6.45, 7) is 5.41. The fourth-order valence-corrected chi connectivity index (χ4v) is 2.29. The highest BCUT2D eigenvalue weighted by Gasteiger charge is 2.27. The van der Waals surface area contributed by atoms with Gasteiger partial charge >= 0.3 is 0 Å². The summed E-state index contributed by atoms with van der Waals surface area (Å²) in [5.41, 5.74) is 0. The smallest absolute Gasteiger partial charge is 0.255 e. The zero-order chi connectivity index (χ0) is 12.7. The van der Waals surface area contributed by atoms with Gasteiger partial charge in [0.05, 0.1) is 0 Å². The molecule has 1 aliphatic rings. The van der Waals surface area contributed by atoms with E-state index in [-0.39, 0.29) is 0 Å². The summed E-state index contributed by atoms with van der Waals surface area (Å²) in [6.07, 6.45) is 4.16. The number of halogens is 1. The summed E-state index contributed by atoms with van der Waals surface area (Å²) < 4.78 is 1.76. The summed E-state index contributed by atoms with van der Waals surface area (Å²) >= 11 is 6.06. The minimum atomic E-state index is 0.400. The second kappa shape index (κ2) is 4.39. The van der Waals surface area contributed by atoms with Crippen molar-refractivity contribution < 1.29 is 0 Å². The molecule has 1 aliphatic carbocycles. The Kier molecular flexibility index (Phi) is 2.86. The van der Waals surface area contributed by atoms with Crippen LogP contribution in [-0.4, -0.2) is 32.2 Å². The molecule has 6 heteroatoms. The molecule has 0 amide bonds. The van der Waals surface area contributed by atoms with Crippen molar-refractivity contribution in [3.05, 3.63) is 17.5 Å². The largest absolute Gasteiger partial charge is 0.354 e. The van der Waals surface area contributed by atoms with E-state index in [0.717, 1.165) is 18.3 Å². The molecule has 18 heavy (non-hydrogen) atoms. The van der Waals surface area contributed by atoms with Gasteiger partial charge in [0.15, 0.2) is 0 Å². The lowest BCUT2D eigenvalue weighted by Crippen LogP contribution is -2.34. The Bertz CT molecular complexity index is 561. The van der Waals surface area contributed by atoms with E-state index >= 15 is 0 Å². The van der Waals surface area contributed by atoms with Crippen LogP contribution in [0.25, 0.3) is 5.78 Å². The molecule has 2 aromatic heterocycles. The maximum atomic E-state index is 6.06. The lowest BCUT2D eigenvalue weighted by atomic mass is 10.2. The average Bonchev–Trinajstić information content (AvgIpc) is 3.01. The van der Waals surface area contributed by atoms with Crippen molar-refractivity contribution in [2.75, 3.05) is 11.4 Å². The van der Waals surface area contributed by atoms with Crippen molar-refractivity contribution in [1.82, 2.24) is 19.6 Å². The van der Waals surface area contributed by atoms with Gasteiger partial charge in [0.1, 0.15) is 17.3 Å². The molecule has 96 valence electrons. The van der Waals surface area contributed by atoms with Crippen LogP contribution in [0.2, 0.25) is 5.15 Å². The van der Waals surface area contributed by atoms with Crippen LogP contribution in [0.1, 0.15) is 26.7 Å². The molecule has 2 aromatic rings. The van der Waals surface area contributed by atoms with Crippen LogP contribution >= 0.6 is 11.6 Å². The molecule has 3 rings (SSSR count). The molecular weight excluding hydrogens is 250 g/mol. The van der Waals surface area contributed by atoms with Gasteiger partial charge in [-0.1, -0.05) is 11.6 Å². The van der Waals surface area contributed by atoms with E-state index in [2.05, 4.69) is 33.8 Å². The SMILES string of the molecule is CC(C)N(CC1CC1)c1cc(Cl)nc2ncnn12. The molecule has 0 aromatic carbocycles. The summed E-state index contributed by atoms with van der Waals surface area (Å²) in [7, 11) is 0. The third-order valence-corrected chi connectivity index (χ3v) is 3.46. The van der Waals surface area contributed by atoms with E-state index in [9.17, 15) is 0 Å². The molecule has 0 radical (unpaired) electrons. The van der Waals surface area contributed by atoms with E-state index < -0.39 is 0 Å². The fraction of sp³-hybridized carbons (Fsp3) is 0.583. The van der Waals surface area contributed by atoms with Crippen LogP contribution < -0.4 is 4.90 Å². The topological polar surface area (TPSA) is 46.3 Å². The zero-order valence-electron chi connectivity index (χ0n) is 10.5. The third-order valence-electron chi connectivity index (χ3n) is 3.27. The van der Waals surface area contributed by atoms with Gasteiger partial charge in [-0.15, -0.1) is 0 Å². The normalized spacial score (nSPS) is 15.6. The molecule has 0 aliphatic heterocycles. The van der Waals surface area contributed by atoms with Gasteiger partial charge in [-0.2, -0.15) is 19.6 Å². The van der Waals surface area contributed by atoms with E-state index in [4.69, 9.17) is 11.6 Å². The second-order valence-corrected chi connectivity index (χ2v) is 5.49. The van der Waals surface area contributed by atoms with Gasteiger partial charge in [-0.25, -0.2) is 0 Å². The van der Waals surface area contributed by atoms with E-state index in [1.165, 1.54) is 19.2 Å². The van der Waals surface area contributed by atoms with E-state index in [0.29, 0.717) is 17.0 Å². The Morgan fingerprint density at radius 1 is 1.50 bits per heavy atom. The Balaban J connectivity index is 2.05. The number of anilines is 1. The third kappa shape index (κ3) is 2.14. The second-order valence-electron chi connectivity index (χ2n) is 5.10. The number of nitrogens with zero attached hydrogens (tertiary/aromatic N) is 5. The van der Waals surface area contributed by atoms with Crippen LogP contribution in [-0.2, 0) is 0 Å². The Morgan fingerprint density at radius 2 is 2.28 bits per heavy atom. The monoisotopic (exact) mass is 265 g/mol. The minimum absolute atomic E-state index is 0.400. The highest BCUT2D eigenvalue weighted by Crippen LogP contribution is 2.32. The molecule has 0 atom stereocenters. The Morgan fingerprint density at radius 3 is 2.94 bits per heavy atom. The first-order chi connectivity index (χ1) is 8.65. The maximum Gasteiger partial charge on any atom is 0.255 e. The predicted octanol–water partition coefficient (Wildman–Crippen LogP) is 2.40. The van der Waals surface area contributed by atoms with Gasteiger partial charge in [-0.05, 0) is 32.6 Å². The van der Waals surface area contributed by atoms with E-state index in [1.54, 1.807) is 4.52 Å². The molecule has 1 saturated carbocycles. The maximum absolute atomic E-state index is 6.06. The molecule has 2 heterocycles. The minimum Gasteiger partial charge on any atom is -0.354 e. The molecule has 5 nitrogen and oxygen atoms in total. The number of rotatable bonds is 4. The highest BCUT2D eigenvalue weighted by molar-refractivity contribution is 6.29. The van der Waals surface area contributed by atoms with Crippen molar-refractivity contribution in [1.29, 1.82) is 0 Å². The molecule has 0 spiro atoms. The van der Waals surface area contributed by atoms with Crippen LogP contribution in [0.4, 0.5) is 5.82 Å². The predicted molar refractivity (Wildman–Crippen MR) is 71.0 cm³/mol. The van der Waals surface area contributed by atoms with Gasteiger partial charge in [0.2, 0.25) is 0 Å². The van der Waals surface area contributed by atoms with Crippen LogP contribution in [0.3, 0.4) is 0 Å². The van der Waals surface area contributed by atoms with Gasteiger partial charge in [0, 0.05) is 18.7 Å². The van der Waals surface area contributed by atoms with Crippen molar-refractivity contribution >= 4 is 23.2 Å². The average molecular weight is 266 g/mol. The summed E-state index contributed by atoms with van der Waals surface area (Å²) in [5.74, 6) is 2.33. The van der Waals surface area contributed by atoms with Crippen molar-refractivity contribution in [2.45, 2.75) is 32.7 Å². The fourth-order valence-electron chi connectivity index (χ4n) is 2.12. The molecule has 0 bridgehead atoms. The van der Waals surface area contributed by atoms with Crippen molar-refractivity contribution in [3.8, 4) is 0 Å². The Hall–Kier alpha value is -1.36. The first kappa shape index (κ1) is 11.7. The van der Waals surface area contributed by atoms with E-state index in [1.807, 2.05) is 6.07 Å². The number of hydrogen-bond acceptors (Lipinski definition) is 4. The number of aromatic nitrogens is 4.